The van der Waals surface area contributed by atoms with Gasteiger partial charge in [0.15, 0.2) is 0 Å². The van der Waals surface area contributed by atoms with Gasteiger partial charge >= 0.3 is 6.02 Å². The molecule has 6 heteroatoms. The Morgan fingerprint density at radius 3 is 2.57 bits per heavy atom. The maximum atomic E-state index is 5.99. The summed E-state index contributed by atoms with van der Waals surface area (Å²) in [5.41, 5.74) is 8.33. The van der Waals surface area contributed by atoms with Gasteiger partial charge in [0.05, 0.1) is 6.54 Å². The maximum absolute atomic E-state index is 5.99. The number of nitrogens with two attached hydrogens (primary N) is 1. The number of amidine groups is 1. The molecule has 0 saturated carbocycles. The monoisotopic (exact) mass is 387 g/mol. The first-order valence-electron chi connectivity index (χ1n) is 10.2. The third-order valence-electron chi connectivity index (χ3n) is 4.88. The largest absolute Gasteiger partial charge is 0.384 e. The zero-order valence-corrected chi connectivity index (χ0v) is 18.2. The van der Waals surface area contributed by atoms with Gasteiger partial charge in [-0.2, -0.15) is 4.99 Å². The summed E-state index contributed by atoms with van der Waals surface area (Å²) in [4.78, 5) is 14.6. The fraction of sp³-hybridized carbons (Fsp3) is 0.591. The molecule has 0 aliphatic carbocycles. The van der Waals surface area contributed by atoms with Gasteiger partial charge in [0.1, 0.15) is 5.82 Å². The Bertz CT molecular complexity index is 653. The van der Waals surface area contributed by atoms with Gasteiger partial charge in [0.25, 0.3) is 0 Å². The predicted molar refractivity (Wildman–Crippen MR) is 117 cm³/mol. The molecule has 1 aromatic rings. The van der Waals surface area contributed by atoms with Crippen LogP contribution < -0.4 is 5.73 Å². The maximum Gasteiger partial charge on any atom is 0.313 e. The smallest absolute Gasteiger partial charge is 0.313 e. The molecule has 1 aliphatic heterocycles. The quantitative estimate of drug-likeness (QED) is 0.549. The number of rotatable bonds is 8. The van der Waals surface area contributed by atoms with Crippen LogP contribution >= 0.6 is 0 Å². The molecule has 1 aromatic carbocycles. The topological polar surface area (TPSA) is 57.3 Å². The van der Waals surface area contributed by atoms with Gasteiger partial charge in [-0.25, -0.2) is 0 Å². The Balaban J connectivity index is 1.96. The second-order valence-electron chi connectivity index (χ2n) is 8.33. The highest BCUT2D eigenvalue weighted by Crippen LogP contribution is 2.19. The summed E-state index contributed by atoms with van der Waals surface area (Å²) in [6.07, 6.45) is 2.16. The molecule has 1 atom stereocenters. The Morgan fingerprint density at radius 2 is 2.00 bits per heavy atom. The van der Waals surface area contributed by atoms with Crippen LogP contribution in [-0.2, 0) is 11.3 Å². The summed E-state index contributed by atoms with van der Waals surface area (Å²) in [7, 11) is 3.78. The van der Waals surface area contributed by atoms with E-state index >= 15 is 0 Å². The van der Waals surface area contributed by atoms with Crippen molar-refractivity contribution in [2.24, 2.45) is 16.6 Å². The molecule has 6 nitrogen and oxygen atoms in total. The molecule has 0 bridgehead atoms. The number of hydroxylamine groups is 2. The van der Waals surface area contributed by atoms with Gasteiger partial charge in [-0.1, -0.05) is 50.3 Å². The van der Waals surface area contributed by atoms with E-state index in [0.29, 0.717) is 18.0 Å². The lowest BCUT2D eigenvalue weighted by Gasteiger charge is -2.30. The standard InChI is InChI=1S/C22H37N5O/c1-17(2)15-26(13-11-20-9-7-18(3)8-10-20)21-12-14-27(16-21)28-22(25(5)6)24-19(4)23/h7-10,17,21H,4,11-16,23H2,1-3,5-6H3/b24-22+. The van der Waals surface area contributed by atoms with Gasteiger partial charge in [-0.15, -0.1) is 5.06 Å². The molecule has 2 rings (SSSR count). The Hall–Kier alpha value is -2.05. The lowest BCUT2D eigenvalue weighted by molar-refractivity contribution is -0.0678. The number of nitrogens with zero attached hydrogens (tertiary/aromatic N) is 4. The van der Waals surface area contributed by atoms with Crippen molar-refractivity contribution in [1.82, 2.24) is 14.9 Å². The van der Waals surface area contributed by atoms with Crippen molar-refractivity contribution < 1.29 is 4.84 Å². The van der Waals surface area contributed by atoms with Crippen LogP contribution in [0.2, 0.25) is 0 Å². The van der Waals surface area contributed by atoms with E-state index in [1.807, 2.05) is 24.1 Å². The molecule has 1 aliphatic rings. The van der Waals surface area contributed by atoms with E-state index < -0.39 is 0 Å². The number of benzene rings is 1. The van der Waals surface area contributed by atoms with Crippen molar-refractivity contribution in [3.8, 4) is 0 Å². The van der Waals surface area contributed by atoms with Crippen molar-refractivity contribution in [3.05, 3.63) is 47.8 Å². The molecular weight excluding hydrogens is 350 g/mol. The first-order valence-corrected chi connectivity index (χ1v) is 10.2. The molecule has 28 heavy (non-hydrogen) atoms. The lowest BCUT2D eigenvalue weighted by Crippen LogP contribution is -2.42. The second-order valence-corrected chi connectivity index (χ2v) is 8.33. The van der Waals surface area contributed by atoms with Crippen molar-refractivity contribution in [2.45, 2.75) is 39.7 Å². The first kappa shape index (κ1) is 22.2. The van der Waals surface area contributed by atoms with Crippen molar-refractivity contribution in [2.75, 3.05) is 40.3 Å². The minimum Gasteiger partial charge on any atom is -0.384 e. The molecule has 1 heterocycles. The Labute approximate surface area is 170 Å². The highest BCUT2D eigenvalue weighted by molar-refractivity contribution is 5.73. The number of hydrogen-bond acceptors (Lipinski definition) is 5. The van der Waals surface area contributed by atoms with Crippen molar-refractivity contribution >= 4 is 6.02 Å². The van der Waals surface area contributed by atoms with Gasteiger partial charge in [0.2, 0.25) is 0 Å². The van der Waals surface area contributed by atoms with E-state index in [9.17, 15) is 0 Å². The van der Waals surface area contributed by atoms with E-state index in [0.717, 1.165) is 39.0 Å². The summed E-state index contributed by atoms with van der Waals surface area (Å²) in [6, 6.07) is 9.83. The SMILES string of the molecule is C=C(N)/N=C(/ON1CCC(N(CCc2ccc(C)cc2)CC(C)C)C1)N(C)C. The summed E-state index contributed by atoms with van der Waals surface area (Å²) in [5, 5.41) is 1.99. The van der Waals surface area contributed by atoms with Crippen LogP contribution in [0.4, 0.5) is 0 Å². The van der Waals surface area contributed by atoms with E-state index in [1.165, 1.54) is 11.1 Å². The van der Waals surface area contributed by atoms with Crippen LogP contribution in [0.3, 0.4) is 0 Å². The molecular formula is C22H37N5O. The van der Waals surface area contributed by atoms with E-state index in [4.69, 9.17) is 10.6 Å². The average molecular weight is 388 g/mol. The molecule has 0 spiro atoms. The van der Waals surface area contributed by atoms with Crippen LogP contribution in [0, 0.1) is 12.8 Å². The second kappa shape index (κ2) is 10.5. The predicted octanol–water partition coefficient (Wildman–Crippen LogP) is 2.85. The van der Waals surface area contributed by atoms with Gasteiger partial charge in [0, 0.05) is 39.8 Å². The highest BCUT2D eigenvalue weighted by Gasteiger charge is 2.30. The van der Waals surface area contributed by atoms with Crippen LogP contribution in [0.15, 0.2) is 41.7 Å². The fourth-order valence-electron chi connectivity index (χ4n) is 3.45. The minimum absolute atomic E-state index is 0.249. The van der Waals surface area contributed by atoms with Gasteiger partial charge in [-0.05, 0) is 31.2 Å². The summed E-state index contributed by atoms with van der Waals surface area (Å²) >= 11 is 0. The third-order valence-corrected chi connectivity index (χ3v) is 4.88. The Morgan fingerprint density at radius 1 is 1.32 bits per heavy atom. The van der Waals surface area contributed by atoms with Crippen LogP contribution in [0.5, 0.6) is 0 Å². The number of aliphatic imine (C=N–C) groups is 1. The van der Waals surface area contributed by atoms with Crippen molar-refractivity contribution in [3.63, 3.8) is 0 Å². The molecule has 0 radical (unpaired) electrons. The highest BCUT2D eigenvalue weighted by atomic mass is 16.7. The van der Waals surface area contributed by atoms with Crippen LogP contribution in [0.1, 0.15) is 31.4 Å². The molecule has 1 saturated heterocycles. The average Bonchev–Trinajstić information content (AvgIpc) is 3.07. The normalized spacial score (nSPS) is 18.1. The van der Waals surface area contributed by atoms with E-state index in [2.05, 4.69) is 61.5 Å². The molecule has 0 aromatic heterocycles. The summed E-state index contributed by atoms with van der Waals surface area (Å²) < 4.78 is 0. The number of hydrogen-bond donors (Lipinski definition) is 1. The minimum atomic E-state index is 0.249. The zero-order chi connectivity index (χ0) is 20.7. The molecule has 0 amide bonds. The van der Waals surface area contributed by atoms with Gasteiger partial charge in [-0.3, -0.25) is 4.90 Å². The van der Waals surface area contributed by atoms with Gasteiger partial charge < -0.3 is 15.5 Å². The number of aryl methyl sites for hydroxylation is 1. The molecule has 156 valence electrons. The fourth-order valence-corrected chi connectivity index (χ4v) is 3.45. The van der Waals surface area contributed by atoms with Crippen LogP contribution in [0.25, 0.3) is 0 Å². The van der Waals surface area contributed by atoms with E-state index in [1.54, 1.807) is 0 Å². The van der Waals surface area contributed by atoms with E-state index in [-0.39, 0.29) is 5.82 Å². The first-order chi connectivity index (χ1) is 13.2. The van der Waals surface area contributed by atoms with Crippen molar-refractivity contribution in [1.29, 1.82) is 0 Å². The molecule has 1 unspecified atom stereocenters. The zero-order valence-electron chi connectivity index (χ0n) is 18.2. The summed E-state index contributed by atoms with van der Waals surface area (Å²) in [6.45, 7) is 14.2. The Kier molecular flexibility index (Phi) is 8.33. The molecule has 1 fully saturated rings. The van der Waals surface area contributed by atoms with Crippen LogP contribution in [-0.4, -0.2) is 67.2 Å². The molecule has 2 N–H and O–H groups in total. The lowest BCUT2D eigenvalue weighted by atomic mass is 10.1. The summed E-state index contributed by atoms with van der Waals surface area (Å²) in [5.74, 6) is 0.881. The third kappa shape index (κ3) is 7.17.